The highest BCUT2D eigenvalue weighted by Crippen LogP contribution is 1.99. The number of nitrogens with one attached hydrogen (secondary N) is 1. The quantitative estimate of drug-likeness (QED) is 0.717. The van der Waals surface area contributed by atoms with E-state index in [4.69, 9.17) is 9.84 Å². The Kier molecular flexibility index (Phi) is 5.41. The van der Waals surface area contributed by atoms with Crippen molar-refractivity contribution in [3.05, 3.63) is 0 Å². The normalized spacial score (nSPS) is 16.1. The van der Waals surface area contributed by atoms with Crippen molar-refractivity contribution in [3.8, 4) is 0 Å². The van der Waals surface area contributed by atoms with Gasteiger partial charge in [-0.25, -0.2) is 4.79 Å². The lowest BCUT2D eigenvalue weighted by Gasteiger charge is -2.19. The average molecular weight is 244 g/mol. The fourth-order valence-corrected chi connectivity index (χ4v) is 1.43. The summed E-state index contributed by atoms with van der Waals surface area (Å²) in [5.74, 6) is -1.63. The summed E-state index contributed by atoms with van der Waals surface area (Å²) in [7, 11) is 0. The van der Waals surface area contributed by atoms with Gasteiger partial charge in [-0.05, 0) is 6.42 Å². The number of urea groups is 1. The summed E-state index contributed by atoms with van der Waals surface area (Å²) in [6, 6.07) is -0.481. The van der Waals surface area contributed by atoms with E-state index >= 15 is 0 Å². The summed E-state index contributed by atoms with van der Waals surface area (Å²) in [6.07, 6.45) is 0.268. The van der Waals surface area contributed by atoms with Gasteiger partial charge in [0.05, 0.1) is 13.0 Å². The average Bonchev–Trinajstić information content (AvgIpc) is 2.54. The maximum absolute atomic E-state index is 11.6. The van der Waals surface area contributed by atoms with Crippen LogP contribution in [-0.4, -0.2) is 54.2 Å². The number of nitrogens with zero attached hydrogens (tertiary/aromatic N) is 1. The number of hydrogen-bond donors (Lipinski definition) is 2. The fraction of sp³-hybridized carbons (Fsp3) is 0.700. The Morgan fingerprint density at radius 3 is 2.65 bits per heavy atom. The first kappa shape index (κ1) is 13.4. The third-order valence-corrected chi connectivity index (χ3v) is 2.32. The Labute approximate surface area is 98.7 Å². The van der Waals surface area contributed by atoms with Crippen molar-refractivity contribution in [2.75, 3.05) is 26.3 Å². The molecule has 1 fully saturated rings. The second-order valence-electron chi connectivity index (χ2n) is 3.70. The maximum atomic E-state index is 11.6. The number of carbonyl (C=O) groups is 3. The summed E-state index contributed by atoms with van der Waals surface area (Å²) < 4.78 is 5.17. The molecule has 0 aliphatic carbocycles. The van der Waals surface area contributed by atoms with Crippen molar-refractivity contribution in [2.24, 2.45) is 0 Å². The van der Waals surface area contributed by atoms with Gasteiger partial charge in [0.1, 0.15) is 0 Å². The number of hydrogen-bond acceptors (Lipinski definition) is 4. The van der Waals surface area contributed by atoms with Crippen LogP contribution in [0.25, 0.3) is 0 Å². The molecule has 1 aliphatic rings. The van der Waals surface area contributed by atoms with E-state index in [1.54, 1.807) is 0 Å². The zero-order valence-electron chi connectivity index (χ0n) is 9.48. The van der Waals surface area contributed by atoms with Gasteiger partial charge in [0, 0.05) is 26.1 Å². The molecular formula is C10H16N2O5. The highest BCUT2D eigenvalue weighted by Gasteiger charge is 2.17. The molecule has 0 aromatic rings. The molecule has 0 atom stereocenters. The highest BCUT2D eigenvalue weighted by atomic mass is 16.5. The lowest BCUT2D eigenvalue weighted by molar-refractivity contribution is -0.138. The molecule has 1 saturated heterocycles. The first-order valence-corrected chi connectivity index (χ1v) is 5.48. The van der Waals surface area contributed by atoms with Gasteiger partial charge in [-0.15, -0.1) is 0 Å². The number of carboxylic acid groups (broad SMARTS) is 1. The third-order valence-electron chi connectivity index (χ3n) is 2.32. The Hall–Kier alpha value is -1.63. The van der Waals surface area contributed by atoms with Gasteiger partial charge >= 0.3 is 12.0 Å². The number of rotatable bonds is 3. The second kappa shape index (κ2) is 6.85. The molecule has 0 spiro atoms. The van der Waals surface area contributed by atoms with Gasteiger partial charge in [0.2, 0.25) is 5.91 Å². The van der Waals surface area contributed by atoms with Crippen LogP contribution in [0.5, 0.6) is 0 Å². The minimum Gasteiger partial charge on any atom is -0.481 e. The third kappa shape index (κ3) is 5.30. The smallest absolute Gasteiger partial charge is 0.324 e. The molecule has 0 radical (unpaired) electrons. The summed E-state index contributed by atoms with van der Waals surface area (Å²) in [4.78, 5) is 34.6. The van der Waals surface area contributed by atoms with Crippen LogP contribution in [-0.2, 0) is 14.3 Å². The van der Waals surface area contributed by atoms with Gasteiger partial charge in [-0.1, -0.05) is 0 Å². The Morgan fingerprint density at radius 2 is 1.94 bits per heavy atom. The van der Waals surface area contributed by atoms with E-state index in [2.05, 4.69) is 5.32 Å². The summed E-state index contributed by atoms with van der Waals surface area (Å²) >= 11 is 0. The SMILES string of the molecule is O=C(O)CCC(=O)NC(=O)N1CCCOCC1. The number of imide groups is 1. The van der Waals surface area contributed by atoms with E-state index in [0.29, 0.717) is 26.3 Å². The lowest BCUT2D eigenvalue weighted by atomic mass is 10.3. The van der Waals surface area contributed by atoms with Crippen molar-refractivity contribution in [3.63, 3.8) is 0 Å². The largest absolute Gasteiger partial charge is 0.481 e. The number of carbonyl (C=O) groups excluding carboxylic acids is 2. The Balaban J connectivity index is 2.31. The van der Waals surface area contributed by atoms with Crippen molar-refractivity contribution >= 4 is 17.9 Å². The summed E-state index contributed by atoms with van der Waals surface area (Å²) in [5, 5.41) is 10.6. The van der Waals surface area contributed by atoms with Gasteiger partial charge in [-0.3, -0.25) is 14.9 Å². The van der Waals surface area contributed by atoms with Crippen molar-refractivity contribution in [1.29, 1.82) is 0 Å². The molecule has 1 rings (SSSR count). The van der Waals surface area contributed by atoms with Crippen LogP contribution in [0.15, 0.2) is 0 Å². The van der Waals surface area contributed by atoms with Gasteiger partial charge < -0.3 is 14.7 Å². The van der Waals surface area contributed by atoms with Crippen LogP contribution in [0.1, 0.15) is 19.3 Å². The standard InChI is InChI=1S/C10H16N2O5/c13-8(2-3-9(14)15)11-10(16)12-4-1-6-17-7-5-12/h1-7H2,(H,14,15)(H,11,13,16). The van der Waals surface area contributed by atoms with Crippen LogP contribution in [0.4, 0.5) is 4.79 Å². The predicted octanol–water partition coefficient (Wildman–Crippen LogP) is -0.190. The van der Waals surface area contributed by atoms with E-state index < -0.39 is 17.9 Å². The number of ether oxygens (including phenoxy) is 1. The topological polar surface area (TPSA) is 95.9 Å². The van der Waals surface area contributed by atoms with E-state index in [1.165, 1.54) is 4.90 Å². The minimum absolute atomic E-state index is 0.189. The van der Waals surface area contributed by atoms with Gasteiger partial charge in [0.15, 0.2) is 0 Å². The van der Waals surface area contributed by atoms with Gasteiger partial charge in [0.25, 0.3) is 0 Å². The van der Waals surface area contributed by atoms with Crippen LogP contribution in [0, 0.1) is 0 Å². The molecule has 1 heterocycles. The fourth-order valence-electron chi connectivity index (χ4n) is 1.43. The summed E-state index contributed by atoms with van der Waals surface area (Å²) in [6.45, 7) is 2.05. The Bertz CT molecular complexity index is 297. The molecule has 0 aromatic heterocycles. The second-order valence-corrected chi connectivity index (χ2v) is 3.70. The first-order valence-electron chi connectivity index (χ1n) is 5.48. The first-order chi connectivity index (χ1) is 8.09. The molecule has 3 amide bonds. The number of amides is 3. The van der Waals surface area contributed by atoms with E-state index in [9.17, 15) is 14.4 Å². The monoisotopic (exact) mass is 244 g/mol. The van der Waals surface area contributed by atoms with Gasteiger partial charge in [-0.2, -0.15) is 0 Å². The molecule has 0 saturated carbocycles. The summed E-state index contributed by atoms with van der Waals surface area (Å²) in [5.41, 5.74) is 0. The highest BCUT2D eigenvalue weighted by molar-refractivity contribution is 5.95. The minimum atomic E-state index is -1.06. The maximum Gasteiger partial charge on any atom is 0.324 e. The molecule has 2 N–H and O–H groups in total. The molecule has 7 nitrogen and oxygen atoms in total. The van der Waals surface area contributed by atoms with E-state index in [1.807, 2.05) is 0 Å². The van der Waals surface area contributed by atoms with Crippen molar-refractivity contribution in [2.45, 2.75) is 19.3 Å². The zero-order valence-corrected chi connectivity index (χ0v) is 9.48. The van der Waals surface area contributed by atoms with E-state index in [0.717, 1.165) is 6.42 Å². The van der Waals surface area contributed by atoms with Crippen molar-refractivity contribution in [1.82, 2.24) is 10.2 Å². The number of carboxylic acids is 1. The molecule has 7 heteroatoms. The molecule has 0 unspecified atom stereocenters. The van der Waals surface area contributed by atoms with E-state index in [-0.39, 0.29) is 12.8 Å². The molecule has 96 valence electrons. The molecule has 1 aliphatic heterocycles. The van der Waals surface area contributed by atoms with Crippen LogP contribution < -0.4 is 5.32 Å². The Morgan fingerprint density at radius 1 is 1.18 bits per heavy atom. The molecular weight excluding hydrogens is 228 g/mol. The zero-order chi connectivity index (χ0) is 12.7. The lowest BCUT2D eigenvalue weighted by Crippen LogP contribution is -2.44. The predicted molar refractivity (Wildman–Crippen MR) is 57.4 cm³/mol. The van der Waals surface area contributed by atoms with Crippen molar-refractivity contribution < 1.29 is 24.2 Å². The van der Waals surface area contributed by atoms with Crippen LogP contribution >= 0.6 is 0 Å². The molecule has 0 bridgehead atoms. The van der Waals surface area contributed by atoms with Crippen LogP contribution in [0.3, 0.4) is 0 Å². The molecule has 0 aromatic carbocycles. The van der Waals surface area contributed by atoms with Crippen LogP contribution in [0.2, 0.25) is 0 Å². The molecule has 17 heavy (non-hydrogen) atoms. The number of aliphatic carboxylic acids is 1.